The number of anilines is 1. The normalized spacial score (nSPS) is 10.0. The number of carbonyl (C=O) groups excluding carboxylic acids is 2. The quantitative estimate of drug-likeness (QED) is 0.878. The van der Waals surface area contributed by atoms with Crippen molar-refractivity contribution >= 4 is 17.4 Å². The summed E-state index contributed by atoms with van der Waals surface area (Å²) in [6.07, 6.45) is 0. The number of hydrogen-bond acceptors (Lipinski definition) is 3. The molecule has 0 aliphatic carbocycles. The van der Waals surface area contributed by atoms with Crippen molar-refractivity contribution in [3.05, 3.63) is 59.4 Å². The summed E-state index contributed by atoms with van der Waals surface area (Å²) in [7, 11) is 1.35. The molecule has 2 rings (SSSR count). The predicted molar refractivity (Wildman–Crippen MR) is 77.4 cm³/mol. The van der Waals surface area contributed by atoms with E-state index in [2.05, 4.69) is 5.32 Å². The first kappa shape index (κ1) is 14.7. The third-order valence-corrected chi connectivity index (χ3v) is 2.97. The minimum absolute atomic E-state index is 0.0655. The van der Waals surface area contributed by atoms with Gasteiger partial charge in [-0.1, -0.05) is 12.1 Å². The summed E-state index contributed by atoms with van der Waals surface area (Å²) >= 11 is 0. The maximum atomic E-state index is 13.6. The molecule has 21 heavy (non-hydrogen) atoms. The highest BCUT2D eigenvalue weighted by molar-refractivity contribution is 6.09. The number of para-hydroxylation sites is 1. The van der Waals surface area contributed by atoms with Crippen molar-refractivity contribution in [2.75, 3.05) is 12.4 Å². The molecule has 0 spiro atoms. The van der Waals surface area contributed by atoms with Gasteiger partial charge in [0.2, 0.25) is 0 Å². The van der Waals surface area contributed by atoms with E-state index in [4.69, 9.17) is 4.74 Å². The maximum absolute atomic E-state index is 13.6. The lowest BCUT2D eigenvalue weighted by Gasteiger charge is -2.09. The van der Waals surface area contributed by atoms with Crippen LogP contribution in [0.15, 0.2) is 42.5 Å². The molecule has 0 aromatic heterocycles. The molecule has 1 amide bonds. The van der Waals surface area contributed by atoms with Crippen LogP contribution in [0.4, 0.5) is 10.1 Å². The Hall–Kier alpha value is -2.69. The third kappa shape index (κ3) is 3.25. The largest absolute Gasteiger partial charge is 0.494 e. The number of methoxy groups -OCH3 is 1. The highest BCUT2D eigenvalue weighted by atomic mass is 19.1. The van der Waals surface area contributed by atoms with Gasteiger partial charge in [-0.25, -0.2) is 4.39 Å². The Labute approximate surface area is 121 Å². The molecule has 0 aliphatic rings. The van der Waals surface area contributed by atoms with Crippen molar-refractivity contribution in [3.63, 3.8) is 0 Å². The zero-order chi connectivity index (χ0) is 15.4. The van der Waals surface area contributed by atoms with E-state index in [1.807, 2.05) is 0 Å². The molecular weight excluding hydrogens is 273 g/mol. The van der Waals surface area contributed by atoms with Gasteiger partial charge >= 0.3 is 0 Å². The van der Waals surface area contributed by atoms with Crippen molar-refractivity contribution in [3.8, 4) is 5.75 Å². The molecule has 0 radical (unpaired) electrons. The Morgan fingerprint density at radius 3 is 2.48 bits per heavy atom. The minimum Gasteiger partial charge on any atom is -0.494 e. The zero-order valence-electron chi connectivity index (χ0n) is 11.6. The lowest BCUT2D eigenvalue weighted by molar-refractivity contribution is 0.101. The van der Waals surface area contributed by atoms with E-state index in [9.17, 15) is 14.0 Å². The highest BCUT2D eigenvalue weighted by Crippen LogP contribution is 2.20. The van der Waals surface area contributed by atoms with E-state index >= 15 is 0 Å². The smallest absolute Gasteiger partial charge is 0.255 e. The van der Waals surface area contributed by atoms with E-state index in [0.29, 0.717) is 11.3 Å². The average Bonchev–Trinajstić information content (AvgIpc) is 2.47. The van der Waals surface area contributed by atoms with Gasteiger partial charge in [0.25, 0.3) is 5.91 Å². The zero-order valence-corrected chi connectivity index (χ0v) is 11.6. The molecule has 0 heterocycles. The van der Waals surface area contributed by atoms with Crippen LogP contribution in [0, 0.1) is 5.82 Å². The first-order chi connectivity index (χ1) is 10.0. The number of amides is 1. The molecule has 108 valence electrons. The number of ether oxygens (including phenoxy) is 1. The molecule has 0 saturated carbocycles. The summed E-state index contributed by atoms with van der Waals surface area (Å²) < 4.78 is 18.4. The van der Waals surface area contributed by atoms with Gasteiger partial charge in [0.15, 0.2) is 17.3 Å². The van der Waals surface area contributed by atoms with E-state index in [-0.39, 0.29) is 17.1 Å². The fourth-order valence-electron chi connectivity index (χ4n) is 1.90. The van der Waals surface area contributed by atoms with Gasteiger partial charge in [-0.2, -0.15) is 0 Å². The third-order valence-electron chi connectivity index (χ3n) is 2.97. The second-order valence-electron chi connectivity index (χ2n) is 4.41. The molecule has 0 atom stereocenters. The highest BCUT2D eigenvalue weighted by Gasteiger charge is 2.13. The Balaban J connectivity index is 2.26. The van der Waals surface area contributed by atoms with Crippen LogP contribution in [0.25, 0.3) is 0 Å². The van der Waals surface area contributed by atoms with Crippen LogP contribution in [0.1, 0.15) is 27.6 Å². The van der Waals surface area contributed by atoms with Gasteiger partial charge in [0.1, 0.15) is 0 Å². The molecule has 1 N–H and O–H groups in total. The fourth-order valence-corrected chi connectivity index (χ4v) is 1.90. The maximum Gasteiger partial charge on any atom is 0.255 e. The number of halogens is 1. The van der Waals surface area contributed by atoms with Crippen molar-refractivity contribution in [2.45, 2.75) is 6.92 Å². The number of rotatable bonds is 4. The van der Waals surface area contributed by atoms with Crippen LogP contribution in [-0.4, -0.2) is 18.8 Å². The number of hydrogen-bond donors (Lipinski definition) is 1. The van der Waals surface area contributed by atoms with Gasteiger partial charge in [-0.3, -0.25) is 9.59 Å². The topological polar surface area (TPSA) is 55.4 Å². The second-order valence-corrected chi connectivity index (χ2v) is 4.41. The number of ketones is 1. The van der Waals surface area contributed by atoms with Crippen LogP contribution >= 0.6 is 0 Å². The molecule has 0 unspecified atom stereocenters. The van der Waals surface area contributed by atoms with Crippen molar-refractivity contribution < 1.29 is 18.7 Å². The molecule has 0 bridgehead atoms. The van der Waals surface area contributed by atoms with Gasteiger partial charge in [0, 0.05) is 11.1 Å². The van der Waals surface area contributed by atoms with E-state index < -0.39 is 11.7 Å². The van der Waals surface area contributed by atoms with Crippen LogP contribution in [0.2, 0.25) is 0 Å². The SMILES string of the molecule is COc1ccc(C(=O)Nc2ccccc2C(C)=O)cc1F. The van der Waals surface area contributed by atoms with Crippen LogP contribution in [0.3, 0.4) is 0 Å². The first-order valence-corrected chi connectivity index (χ1v) is 6.27. The molecule has 0 aliphatic heterocycles. The summed E-state index contributed by atoms with van der Waals surface area (Å²) in [6, 6.07) is 10.6. The predicted octanol–water partition coefficient (Wildman–Crippen LogP) is 3.29. The van der Waals surface area contributed by atoms with Crippen LogP contribution < -0.4 is 10.1 Å². The number of benzene rings is 2. The Kier molecular flexibility index (Phi) is 4.33. The van der Waals surface area contributed by atoms with E-state index in [0.717, 1.165) is 6.07 Å². The molecule has 0 fully saturated rings. The number of Topliss-reactive ketones (excluding diaryl/α,β-unsaturated/α-hetero) is 1. The number of carbonyl (C=O) groups is 2. The van der Waals surface area contributed by atoms with Crippen molar-refractivity contribution in [1.82, 2.24) is 0 Å². The Morgan fingerprint density at radius 1 is 1.14 bits per heavy atom. The minimum atomic E-state index is -0.620. The molecular formula is C16H14FNO3. The second kappa shape index (κ2) is 6.17. The van der Waals surface area contributed by atoms with Gasteiger partial charge in [-0.15, -0.1) is 0 Å². The van der Waals surface area contributed by atoms with Gasteiger partial charge < -0.3 is 10.1 Å². The van der Waals surface area contributed by atoms with E-state index in [1.165, 1.54) is 26.2 Å². The molecule has 0 saturated heterocycles. The lowest BCUT2D eigenvalue weighted by Crippen LogP contribution is -2.14. The molecule has 2 aromatic rings. The van der Waals surface area contributed by atoms with Gasteiger partial charge in [-0.05, 0) is 37.3 Å². The Morgan fingerprint density at radius 2 is 1.86 bits per heavy atom. The lowest BCUT2D eigenvalue weighted by atomic mass is 10.1. The van der Waals surface area contributed by atoms with Crippen molar-refractivity contribution in [2.24, 2.45) is 0 Å². The number of nitrogens with one attached hydrogen (secondary N) is 1. The standard InChI is InChI=1S/C16H14FNO3/c1-10(19)12-5-3-4-6-14(12)18-16(20)11-7-8-15(21-2)13(17)9-11/h3-9H,1-2H3,(H,18,20). The summed E-state index contributed by atoms with van der Waals surface area (Å²) in [5, 5.41) is 2.61. The van der Waals surface area contributed by atoms with Crippen LogP contribution in [0.5, 0.6) is 5.75 Å². The van der Waals surface area contributed by atoms with E-state index in [1.54, 1.807) is 24.3 Å². The summed E-state index contributed by atoms with van der Waals surface area (Å²) in [5.74, 6) is -1.21. The molecule has 2 aromatic carbocycles. The van der Waals surface area contributed by atoms with Gasteiger partial charge in [0.05, 0.1) is 12.8 Å². The average molecular weight is 287 g/mol. The fraction of sp³-hybridized carbons (Fsp3) is 0.125. The summed E-state index contributed by atoms with van der Waals surface area (Å²) in [5.41, 5.74) is 0.942. The monoisotopic (exact) mass is 287 g/mol. The summed E-state index contributed by atoms with van der Waals surface area (Å²) in [4.78, 5) is 23.6. The van der Waals surface area contributed by atoms with Crippen LogP contribution in [-0.2, 0) is 0 Å². The van der Waals surface area contributed by atoms with Crippen molar-refractivity contribution in [1.29, 1.82) is 0 Å². The first-order valence-electron chi connectivity index (χ1n) is 6.27. The Bertz CT molecular complexity index is 698. The molecule has 4 nitrogen and oxygen atoms in total. The summed E-state index contributed by atoms with van der Waals surface area (Å²) in [6.45, 7) is 1.41. The molecule has 5 heteroatoms.